The molecule has 0 radical (unpaired) electrons. The van der Waals surface area contributed by atoms with E-state index in [0.29, 0.717) is 37.7 Å². The Bertz CT molecular complexity index is 895. The molecule has 1 fully saturated rings. The maximum absolute atomic E-state index is 14.2. The van der Waals surface area contributed by atoms with Crippen molar-refractivity contribution in [3.8, 4) is 0 Å². The normalized spacial score (nSPS) is 19.3. The molecular formula is C20H23F4N5O. The van der Waals surface area contributed by atoms with E-state index in [9.17, 15) is 22.4 Å². The largest absolute Gasteiger partial charge is 0.419 e. The van der Waals surface area contributed by atoms with Crippen molar-refractivity contribution in [1.29, 1.82) is 0 Å². The summed E-state index contributed by atoms with van der Waals surface area (Å²) in [6, 6.07) is 4.38. The van der Waals surface area contributed by atoms with Crippen LogP contribution in [-0.4, -0.2) is 42.1 Å². The first kappa shape index (κ1) is 21.8. The standard InChI is InChI=1S/C20H23F4N5O/c1-29(2)16-10-11-25-19(28-16)27-13-8-6-12(7-9-13)26-18(30)14-4-3-5-15(17(14)21)20(22,23)24/h3-5,10-13H,6-9H2,1-2H3,(H,26,30)(H,25,27,28). The number of benzene rings is 1. The van der Waals surface area contributed by atoms with Gasteiger partial charge in [0.15, 0.2) is 0 Å². The fourth-order valence-electron chi connectivity index (χ4n) is 3.42. The van der Waals surface area contributed by atoms with E-state index in [4.69, 9.17) is 0 Å². The van der Waals surface area contributed by atoms with E-state index in [1.54, 1.807) is 12.3 Å². The van der Waals surface area contributed by atoms with E-state index < -0.39 is 29.0 Å². The molecule has 2 N–H and O–H groups in total. The molecule has 0 bridgehead atoms. The van der Waals surface area contributed by atoms with Crippen LogP contribution < -0.4 is 15.5 Å². The lowest BCUT2D eigenvalue weighted by Crippen LogP contribution is -2.40. The highest BCUT2D eigenvalue weighted by Crippen LogP contribution is 2.32. The minimum atomic E-state index is -4.85. The van der Waals surface area contributed by atoms with Gasteiger partial charge in [0.05, 0.1) is 11.1 Å². The number of aromatic nitrogens is 2. The van der Waals surface area contributed by atoms with E-state index in [0.717, 1.165) is 18.0 Å². The number of anilines is 2. The maximum Gasteiger partial charge on any atom is 0.419 e. The number of halogens is 4. The van der Waals surface area contributed by atoms with Crippen LogP contribution in [0.1, 0.15) is 41.6 Å². The van der Waals surface area contributed by atoms with Gasteiger partial charge in [-0.25, -0.2) is 9.37 Å². The molecule has 162 valence electrons. The average molecular weight is 425 g/mol. The van der Waals surface area contributed by atoms with Crippen molar-refractivity contribution in [1.82, 2.24) is 15.3 Å². The summed E-state index contributed by atoms with van der Waals surface area (Å²) in [5.74, 6) is -1.09. The Morgan fingerprint density at radius 3 is 2.40 bits per heavy atom. The molecule has 0 atom stereocenters. The Balaban J connectivity index is 1.56. The lowest BCUT2D eigenvalue weighted by atomic mass is 9.91. The maximum atomic E-state index is 14.2. The average Bonchev–Trinajstić information content (AvgIpc) is 2.69. The quantitative estimate of drug-likeness (QED) is 0.712. The van der Waals surface area contributed by atoms with Crippen molar-refractivity contribution in [2.24, 2.45) is 0 Å². The second kappa shape index (κ2) is 8.85. The van der Waals surface area contributed by atoms with Gasteiger partial charge in [0, 0.05) is 32.4 Å². The number of carbonyl (C=O) groups is 1. The Hall–Kier alpha value is -2.91. The summed E-state index contributed by atoms with van der Waals surface area (Å²) in [5, 5.41) is 5.92. The summed E-state index contributed by atoms with van der Waals surface area (Å²) >= 11 is 0. The minimum Gasteiger partial charge on any atom is -0.363 e. The van der Waals surface area contributed by atoms with Crippen LogP contribution in [0, 0.1) is 5.82 Å². The Morgan fingerprint density at radius 1 is 1.10 bits per heavy atom. The Labute approximate surface area is 171 Å². The van der Waals surface area contributed by atoms with E-state index >= 15 is 0 Å². The van der Waals surface area contributed by atoms with Gasteiger partial charge < -0.3 is 15.5 Å². The molecule has 10 heteroatoms. The van der Waals surface area contributed by atoms with Gasteiger partial charge in [-0.3, -0.25) is 4.79 Å². The fourth-order valence-corrected chi connectivity index (χ4v) is 3.42. The third-order valence-corrected chi connectivity index (χ3v) is 5.04. The van der Waals surface area contributed by atoms with E-state index in [1.165, 1.54) is 0 Å². The van der Waals surface area contributed by atoms with Crippen LogP contribution in [0.25, 0.3) is 0 Å². The zero-order chi connectivity index (χ0) is 21.9. The predicted molar refractivity (Wildman–Crippen MR) is 105 cm³/mol. The third-order valence-electron chi connectivity index (χ3n) is 5.04. The van der Waals surface area contributed by atoms with E-state index in [1.807, 2.05) is 19.0 Å². The third kappa shape index (κ3) is 5.17. The highest BCUT2D eigenvalue weighted by Gasteiger charge is 2.36. The summed E-state index contributed by atoms with van der Waals surface area (Å²) in [4.78, 5) is 22.8. The summed E-state index contributed by atoms with van der Waals surface area (Å²) in [6.07, 6.45) is -0.540. The predicted octanol–water partition coefficient (Wildman–Crippen LogP) is 3.85. The van der Waals surface area contributed by atoms with Crippen LogP contribution in [0.4, 0.5) is 29.3 Å². The zero-order valence-electron chi connectivity index (χ0n) is 16.6. The smallest absolute Gasteiger partial charge is 0.363 e. The van der Waals surface area contributed by atoms with Crippen LogP contribution in [0.2, 0.25) is 0 Å². The molecule has 1 aromatic heterocycles. The van der Waals surface area contributed by atoms with E-state index in [-0.39, 0.29) is 12.1 Å². The number of hydrogen-bond donors (Lipinski definition) is 2. The van der Waals surface area contributed by atoms with Gasteiger partial charge in [-0.05, 0) is 43.9 Å². The highest BCUT2D eigenvalue weighted by atomic mass is 19.4. The van der Waals surface area contributed by atoms with Crippen molar-refractivity contribution in [3.63, 3.8) is 0 Å². The Kier molecular flexibility index (Phi) is 6.42. The fraction of sp³-hybridized carbons (Fsp3) is 0.450. The molecule has 2 aromatic rings. The molecule has 0 unspecified atom stereocenters. The van der Waals surface area contributed by atoms with Crippen molar-refractivity contribution >= 4 is 17.7 Å². The van der Waals surface area contributed by atoms with Crippen LogP contribution in [0.3, 0.4) is 0 Å². The number of carbonyl (C=O) groups excluding carboxylic acids is 1. The first-order chi connectivity index (χ1) is 14.1. The number of nitrogens with zero attached hydrogens (tertiary/aromatic N) is 3. The summed E-state index contributed by atoms with van der Waals surface area (Å²) in [6.45, 7) is 0. The molecule has 6 nitrogen and oxygen atoms in total. The molecule has 1 heterocycles. The molecule has 1 amide bonds. The van der Waals surface area contributed by atoms with Gasteiger partial charge in [-0.2, -0.15) is 18.2 Å². The molecule has 1 saturated carbocycles. The Morgan fingerprint density at radius 2 is 1.77 bits per heavy atom. The highest BCUT2D eigenvalue weighted by molar-refractivity contribution is 5.94. The number of rotatable bonds is 5. The van der Waals surface area contributed by atoms with Gasteiger partial charge >= 0.3 is 6.18 Å². The van der Waals surface area contributed by atoms with Crippen molar-refractivity contribution in [2.45, 2.75) is 43.9 Å². The first-order valence-corrected chi connectivity index (χ1v) is 9.58. The number of hydrogen-bond acceptors (Lipinski definition) is 5. The lowest BCUT2D eigenvalue weighted by Gasteiger charge is -2.30. The van der Waals surface area contributed by atoms with Gasteiger partial charge in [0.1, 0.15) is 11.6 Å². The van der Waals surface area contributed by atoms with Gasteiger partial charge in [-0.1, -0.05) is 6.07 Å². The molecule has 1 aliphatic carbocycles. The monoisotopic (exact) mass is 425 g/mol. The molecule has 30 heavy (non-hydrogen) atoms. The SMILES string of the molecule is CN(C)c1ccnc(NC2CCC(NC(=O)c3cccc(C(F)(F)F)c3F)CC2)n1. The molecule has 0 spiro atoms. The molecular weight excluding hydrogens is 402 g/mol. The molecule has 0 aliphatic heterocycles. The van der Waals surface area contributed by atoms with Gasteiger partial charge in [0.2, 0.25) is 5.95 Å². The molecule has 3 rings (SSSR count). The summed E-state index contributed by atoms with van der Waals surface area (Å²) < 4.78 is 52.7. The number of nitrogens with one attached hydrogen (secondary N) is 2. The summed E-state index contributed by atoms with van der Waals surface area (Å²) in [5.41, 5.74) is -2.04. The molecule has 1 aliphatic rings. The second-order valence-electron chi connectivity index (χ2n) is 7.46. The first-order valence-electron chi connectivity index (χ1n) is 9.58. The van der Waals surface area contributed by atoms with Crippen LogP contribution in [0.15, 0.2) is 30.5 Å². The van der Waals surface area contributed by atoms with Crippen LogP contribution in [-0.2, 0) is 6.18 Å². The molecule has 1 aromatic carbocycles. The minimum absolute atomic E-state index is 0.112. The zero-order valence-corrected chi connectivity index (χ0v) is 16.6. The number of amides is 1. The van der Waals surface area contributed by atoms with Gasteiger partial charge in [-0.15, -0.1) is 0 Å². The van der Waals surface area contributed by atoms with Crippen molar-refractivity contribution in [3.05, 3.63) is 47.4 Å². The molecule has 0 saturated heterocycles. The van der Waals surface area contributed by atoms with Crippen LogP contribution in [0.5, 0.6) is 0 Å². The lowest BCUT2D eigenvalue weighted by molar-refractivity contribution is -0.140. The van der Waals surface area contributed by atoms with Crippen LogP contribution >= 0.6 is 0 Å². The van der Waals surface area contributed by atoms with E-state index in [2.05, 4.69) is 20.6 Å². The van der Waals surface area contributed by atoms with Crippen molar-refractivity contribution in [2.75, 3.05) is 24.3 Å². The topological polar surface area (TPSA) is 70.2 Å². The second-order valence-corrected chi connectivity index (χ2v) is 7.46. The van der Waals surface area contributed by atoms with Gasteiger partial charge in [0.25, 0.3) is 5.91 Å². The number of alkyl halides is 3. The van der Waals surface area contributed by atoms with Crippen molar-refractivity contribution < 1.29 is 22.4 Å². The summed E-state index contributed by atoms with van der Waals surface area (Å²) in [7, 11) is 3.76.